The van der Waals surface area contributed by atoms with Gasteiger partial charge in [0.05, 0.1) is 11.7 Å². The van der Waals surface area contributed by atoms with E-state index in [1.54, 1.807) is 18.2 Å². The van der Waals surface area contributed by atoms with Crippen molar-refractivity contribution in [2.75, 3.05) is 5.33 Å². The van der Waals surface area contributed by atoms with Crippen molar-refractivity contribution in [3.8, 4) is 5.75 Å². The third-order valence-electron chi connectivity index (χ3n) is 3.04. The van der Waals surface area contributed by atoms with Crippen molar-refractivity contribution in [3.05, 3.63) is 65.2 Å². The summed E-state index contributed by atoms with van der Waals surface area (Å²) in [6.07, 6.45) is -0.689. The van der Waals surface area contributed by atoms with Crippen molar-refractivity contribution >= 4 is 21.8 Å². The van der Waals surface area contributed by atoms with Crippen LogP contribution >= 0.6 is 15.9 Å². The highest BCUT2D eigenvalue weighted by Gasteiger charge is 2.14. The molecule has 110 valence electrons. The van der Waals surface area contributed by atoms with Crippen molar-refractivity contribution < 1.29 is 14.6 Å². The number of ether oxygens (including phenoxy) is 1. The lowest BCUT2D eigenvalue weighted by Crippen LogP contribution is -2.14. The standard InChI is InChI=1S/C16H16BrNO3/c17-9-14(19)12-6-7-15(13(8-12)16(18)20)21-10-11-4-2-1-3-5-11/h1-8,14,19H,9-10H2,(H2,18,20). The number of rotatable bonds is 6. The van der Waals surface area contributed by atoms with E-state index in [1.165, 1.54) is 0 Å². The minimum Gasteiger partial charge on any atom is -0.488 e. The molecule has 2 aromatic carbocycles. The average molecular weight is 350 g/mol. The van der Waals surface area contributed by atoms with Gasteiger partial charge in [0, 0.05) is 5.33 Å². The van der Waals surface area contributed by atoms with Gasteiger partial charge in [-0.05, 0) is 23.3 Å². The van der Waals surface area contributed by atoms with E-state index in [4.69, 9.17) is 10.5 Å². The monoisotopic (exact) mass is 349 g/mol. The molecule has 2 aromatic rings. The first kappa shape index (κ1) is 15.5. The number of nitrogens with two attached hydrogens (primary N) is 1. The molecule has 0 aliphatic heterocycles. The third kappa shape index (κ3) is 4.06. The number of primary amides is 1. The normalized spacial score (nSPS) is 11.9. The van der Waals surface area contributed by atoms with Gasteiger partial charge in [-0.2, -0.15) is 0 Å². The number of benzene rings is 2. The van der Waals surface area contributed by atoms with E-state index in [9.17, 15) is 9.90 Å². The summed E-state index contributed by atoms with van der Waals surface area (Å²) in [5.41, 5.74) is 7.26. The number of halogens is 1. The topological polar surface area (TPSA) is 72.6 Å². The smallest absolute Gasteiger partial charge is 0.252 e. The second-order valence-corrected chi connectivity index (χ2v) is 5.21. The van der Waals surface area contributed by atoms with E-state index < -0.39 is 12.0 Å². The van der Waals surface area contributed by atoms with Crippen LogP contribution in [0.4, 0.5) is 0 Å². The van der Waals surface area contributed by atoms with Crippen LogP contribution in [0.15, 0.2) is 48.5 Å². The maximum atomic E-state index is 11.5. The Morgan fingerprint density at radius 1 is 1.24 bits per heavy atom. The summed E-state index contributed by atoms with van der Waals surface area (Å²) in [7, 11) is 0. The molecule has 0 saturated heterocycles. The summed E-state index contributed by atoms with van der Waals surface area (Å²) in [5.74, 6) is -0.168. The van der Waals surface area contributed by atoms with Crippen LogP contribution in [0.25, 0.3) is 0 Å². The lowest BCUT2D eigenvalue weighted by Gasteiger charge is -2.13. The maximum Gasteiger partial charge on any atom is 0.252 e. The van der Waals surface area contributed by atoms with Gasteiger partial charge in [0.25, 0.3) is 5.91 Å². The van der Waals surface area contributed by atoms with Gasteiger partial charge in [-0.3, -0.25) is 4.79 Å². The zero-order chi connectivity index (χ0) is 15.2. The number of hydrogen-bond acceptors (Lipinski definition) is 3. The lowest BCUT2D eigenvalue weighted by molar-refractivity contribution is 0.0995. The quantitative estimate of drug-likeness (QED) is 0.787. The van der Waals surface area contributed by atoms with Crippen LogP contribution in [-0.2, 0) is 6.61 Å². The summed E-state index contributed by atoms with van der Waals surface area (Å²) in [6.45, 7) is 0.349. The second kappa shape index (κ2) is 7.24. The summed E-state index contributed by atoms with van der Waals surface area (Å²) < 4.78 is 5.66. The summed E-state index contributed by atoms with van der Waals surface area (Å²) in [6, 6.07) is 14.6. The number of amides is 1. The fourth-order valence-electron chi connectivity index (χ4n) is 1.90. The Balaban J connectivity index is 2.20. The molecule has 2 rings (SSSR count). The molecular formula is C16H16BrNO3. The van der Waals surface area contributed by atoms with Gasteiger partial charge in [0.2, 0.25) is 0 Å². The predicted molar refractivity (Wildman–Crippen MR) is 84.5 cm³/mol. The molecule has 1 unspecified atom stereocenters. The molecule has 0 aliphatic rings. The molecule has 1 amide bonds. The number of aliphatic hydroxyl groups excluding tert-OH is 1. The van der Waals surface area contributed by atoms with E-state index >= 15 is 0 Å². The van der Waals surface area contributed by atoms with Gasteiger partial charge in [0.15, 0.2) is 0 Å². The first-order chi connectivity index (χ1) is 10.1. The number of aliphatic hydroxyl groups is 1. The fraction of sp³-hybridized carbons (Fsp3) is 0.188. The average Bonchev–Trinajstić information content (AvgIpc) is 2.52. The van der Waals surface area contributed by atoms with Crippen LogP contribution in [-0.4, -0.2) is 16.3 Å². The van der Waals surface area contributed by atoms with E-state index in [0.717, 1.165) is 5.56 Å². The Kier molecular flexibility index (Phi) is 5.36. The van der Waals surface area contributed by atoms with Gasteiger partial charge in [0.1, 0.15) is 12.4 Å². The number of carbonyl (C=O) groups is 1. The molecule has 0 spiro atoms. The zero-order valence-corrected chi connectivity index (χ0v) is 12.9. The Morgan fingerprint density at radius 3 is 2.57 bits per heavy atom. The van der Waals surface area contributed by atoms with Crippen LogP contribution < -0.4 is 10.5 Å². The molecule has 0 fully saturated rings. The van der Waals surface area contributed by atoms with E-state index in [2.05, 4.69) is 15.9 Å². The van der Waals surface area contributed by atoms with Crippen LogP contribution in [0.5, 0.6) is 5.75 Å². The van der Waals surface area contributed by atoms with E-state index in [0.29, 0.717) is 23.2 Å². The van der Waals surface area contributed by atoms with E-state index in [-0.39, 0.29) is 5.56 Å². The molecule has 1 atom stereocenters. The fourth-order valence-corrected chi connectivity index (χ4v) is 2.27. The number of carbonyl (C=O) groups excluding carboxylic acids is 1. The predicted octanol–water partition coefficient (Wildman–Crippen LogP) is 2.79. The first-order valence-corrected chi connectivity index (χ1v) is 7.58. The first-order valence-electron chi connectivity index (χ1n) is 6.46. The summed E-state index contributed by atoms with van der Waals surface area (Å²) in [5, 5.41) is 10.2. The lowest BCUT2D eigenvalue weighted by atomic mass is 10.1. The highest BCUT2D eigenvalue weighted by atomic mass is 79.9. The second-order valence-electron chi connectivity index (χ2n) is 4.56. The van der Waals surface area contributed by atoms with Gasteiger partial charge in [-0.1, -0.05) is 52.3 Å². The molecule has 0 aliphatic carbocycles. The molecule has 0 bridgehead atoms. The minimum absolute atomic E-state index is 0.267. The molecule has 0 aromatic heterocycles. The van der Waals surface area contributed by atoms with Crippen LogP contribution in [0.3, 0.4) is 0 Å². The van der Waals surface area contributed by atoms with Crippen molar-refractivity contribution in [2.45, 2.75) is 12.7 Å². The number of hydrogen-bond donors (Lipinski definition) is 2. The number of alkyl halides is 1. The minimum atomic E-state index is -0.689. The Hall–Kier alpha value is -1.85. The SMILES string of the molecule is NC(=O)c1cc(C(O)CBr)ccc1OCc1ccccc1. The Bertz CT molecular complexity index is 616. The van der Waals surface area contributed by atoms with Crippen molar-refractivity contribution in [1.82, 2.24) is 0 Å². The highest BCUT2D eigenvalue weighted by Crippen LogP contribution is 2.25. The van der Waals surface area contributed by atoms with E-state index in [1.807, 2.05) is 30.3 Å². The Labute approximate surface area is 131 Å². The van der Waals surface area contributed by atoms with Crippen LogP contribution in [0.1, 0.15) is 27.6 Å². The van der Waals surface area contributed by atoms with Crippen LogP contribution in [0.2, 0.25) is 0 Å². The molecular weight excluding hydrogens is 334 g/mol. The highest BCUT2D eigenvalue weighted by molar-refractivity contribution is 9.09. The largest absolute Gasteiger partial charge is 0.488 e. The van der Waals surface area contributed by atoms with Gasteiger partial charge < -0.3 is 15.6 Å². The molecule has 3 N–H and O–H groups in total. The summed E-state index contributed by atoms with van der Waals surface area (Å²) >= 11 is 3.20. The molecule has 5 heteroatoms. The molecule has 0 radical (unpaired) electrons. The van der Waals surface area contributed by atoms with Gasteiger partial charge in [-0.15, -0.1) is 0 Å². The van der Waals surface area contributed by atoms with Crippen molar-refractivity contribution in [3.63, 3.8) is 0 Å². The van der Waals surface area contributed by atoms with Crippen molar-refractivity contribution in [1.29, 1.82) is 0 Å². The zero-order valence-electron chi connectivity index (χ0n) is 11.3. The maximum absolute atomic E-state index is 11.5. The summed E-state index contributed by atoms with van der Waals surface area (Å²) in [4.78, 5) is 11.5. The molecule has 21 heavy (non-hydrogen) atoms. The molecule has 4 nitrogen and oxygen atoms in total. The third-order valence-corrected chi connectivity index (χ3v) is 3.65. The molecule has 0 saturated carbocycles. The van der Waals surface area contributed by atoms with Gasteiger partial charge >= 0.3 is 0 Å². The van der Waals surface area contributed by atoms with Gasteiger partial charge in [-0.25, -0.2) is 0 Å². The van der Waals surface area contributed by atoms with Crippen molar-refractivity contribution in [2.24, 2.45) is 5.73 Å². The Morgan fingerprint density at radius 2 is 1.95 bits per heavy atom. The van der Waals surface area contributed by atoms with Crippen LogP contribution in [0, 0.1) is 0 Å². The molecule has 0 heterocycles.